The molecule has 0 saturated heterocycles. The van der Waals surface area contributed by atoms with Crippen LogP contribution in [-0.2, 0) is 19.5 Å². The van der Waals surface area contributed by atoms with Gasteiger partial charge in [0.25, 0.3) is 0 Å². The van der Waals surface area contributed by atoms with Crippen molar-refractivity contribution in [3.8, 4) is 0 Å². The third-order valence-corrected chi connectivity index (χ3v) is 5.95. The third-order valence-electron chi connectivity index (χ3n) is 5.95. The lowest BCUT2D eigenvalue weighted by Crippen LogP contribution is -2.40. The van der Waals surface area contributed by atoms with Gasteiger partial charge in [-0.2, -0.15) is 4.52 Å². The Morgan fingerprint density at radius 2 is 1.68 bits per heavy atom. The molecule has 0 fully saturated rings. The molecule has 0 aliphatic carbocycles. The number of aryl methyl sites for hydroxylation is 1. The van der Waals surface area contributed by atoms with Gasteiger partial charge in [0.1, 0.15) is 0 Å². The Kier molecular flexibility index (Phi) is 6.16. The monoisotopic (exact) mass is 450 g/mol. The fourth-order valence-electron chi connectivity index (χ4n) is 4.15. The predicted molar refractivity (Wildman–Crippen MR) is 132 cm³/mol. The first-order valence-corrected chi connectivity index (χ1v) is 11.4. The van der Waals surface area contributed by atoms with Crippen LogP contribution in [0.2, 0.25) is 0 Å². The molecule has 170 valence electrons. The highest BCUT2D eigenvalue weighted by molar-refractivity contribution is 5.84. The van der Waals surface area contributed by atoms with Crippen molar-refractivity contribution in [2.24, 2.45) is 0 Å². The van der Waals surface area contributed by atoms with E-state index in [9.17, 15) is 4.79 Å². The average molecular weight is 451 g/mol. The molecule has 2 amide bonds. The number of pyridine rings is 1. The van der Waals surface area contributed by atoms with Crippen LogP contribution in [0, 0.1) is 6.92 Å². The molecule has 0 aliphatic heterocycles. The van der Waals surface area contributed by atoms with Gasteiger partial charge in [-0.15, -0.1) is 5.10 Å². The summed E-state index contributed by atoms with van der Waals surface area (Å²) >= 11 is 0. The molecule has 0 bridgehead atoms. The molecule has 1 N–H and O–H groups in total. The molecule has 0 unspecified atom stereocenters. The van der Waals surface area contributed by atoms with E-state index in [2.05, 4.69) is 52.0 Å². The maximum Gasteiger partial charge on any atom is 0.317 e. The van der Waals surface area contributed by atoms with E-state index in [0.29, 0.717) is 25.3 Å². The van der Waals surface area contributed by atoms with E-state index in [4.69, 9.17) is 0 Å². The summed E-state index contributed by atoms with van der Waals surface area (Å²) in [7, 11) is 0. The summed E-state index contributed by atoms with van der Waals surface area (Å²) in [5, 5.41) is 16.5. The van der Waals surface area contributed by atoms with E-state index in [1.54, 1.807) is 4.52 Å². The number of carbonyl (C=O) groups is 1. The fourth-order valence-corrected chi connectivity index (χ4v) is 4.15. The van der Waals surface area contributed by atoms with Crippen molar-refractivity contribution in [3.63, 3.8) is 0 Å². The lowest BCUT2D eigenvalue weighted by Gasteiger charge is -2.24. The number of carbonyl (C=O) groups excluding carboxylic acids is 1. The van der Waals surface area contributed by atoms with Crippen LogP contribution < -0.4 is 5.32 Å². The number of aromatic nitrogens is 4. The lowest BCUT2D eigenvalue weighted by molar-refractivity contribution is 0.195. The van der Waals surface area contributed by atoms with Gasteiger partial charge in [0.05, 0.1) is 12.1 Å². The Labute approximate surface area is 198 Å². The molecule has 5 rings (SSSR count). The third kappa shape index (κ3) is 4.73. The van der Waals surface area contributed by atoms with Crippen LogP contribution >= 0.6 is 0 Å². The molecule has 34 heavy (non-hydrogen) atoms. The molecule has 0 aliphatic rings. The maximum absolute atomic E-state index is 13.3. The molecule has 7 heteroatoms. The zero-order valence-electron chi connectivity index (χ0n) is 19.1. The first-order valence-electron chi connectivity index (χ1n) is 11.4. The number of benzene rings is 3. The zero-order valence-corrected chi connectivity index (χ0v) is 19.1. The van der Waals surface area contributed by atoms with Crippen molar-refractivity contribution in [1.82, 2.24) is 30.3 Å². The van der Waals surface area contributed by atoms with Crippen molar-refractivity contribution in [2.75, 3.05) is 6.54 Å². The van der Waals surface area contributed by atoms with Crippen LogP contribution in [-0.4, -0.2) is 37.5 Å². The second-order valence-corrected chi connectivity index (χ2v) is 8.45. The molecule has 0 atom stereocenters. The lowest BCUT2D eigenvalue weighted by atomic mass is 10.1. The Balaban J connectivity index is 1.43. The molecular weight excluding hydrogens is 424 g/mol. The van der Waals surface area contributed by atoms with E-state index >= 15 is 0 Å². The van der Waals surface area contributed by atoms with E-state index in [1.807, 2.05) is 65.6 Å². The summed E-state index contributed by atoms with van der Waals surface area (Å²) in [5.74, 6) is 0. The van der Waals surface area contributed by atoms with E-state index < -0.39 is 0 Å². The Hall–Kier alpha value is -4.26. The van der Waals surface area contributed by atoms with Gasteiger partial charge in [0.2, 0.25) is 0 Å². The van der Waals surface area contributed by atoms with Gasteiger partial charge in [0.15, 0.2) is 5.65 Å². The minimum atomic E-state index is -0.116. The second-order valence-electron chi connectivity index (χ2n) is 8.45. The van der Waals surface area contributed by atoms with Crippen LogP contribution in [0.4, 0.5) is 4.79 Å². The Morgan fingerprint density at radius 3 is 2.44 bits per heavy atom. The number of nitrogens with zero attached hydrogens (tertiary/aromatic N) is 5. The number of nitrogens with one attached hydrogen (secondary N) is 1. The van der Waals surface area contributed by atoms with Gasteiger partial charge in [-0.25, -0.2) is 4.79 Å². The average Bonchev–Trinajstić information content (AvgIpc) is 3.36. The molecule has 0 radical (unpaired) electrons. The highest BCUT2D eigenvalue weighted by Gasteiger charge is 2.18. The van der Waals surface area contributed by atoms with E-state index in [-0.39, 0.29) is 6.03 Å². The number of hydrogen-bond donors (Lipinski definition) is 1. The summed E-state index contributed by atoms with van der Waals surface area (Å²) in [6.07, 6.45) is 0.757. The number of urea groups is 1. The van der Waals surface area contributed by atoms with Crippen LogP contribution in [0.5, 0.6) is 0 Å². The molecule has 3 aromatic carbocycles. The van der Waals surface area contributed by atoms with Gasteiger partial charge in [-0.3, -0.25) is 0 Å². The number of rotatable bonds is 7. The number of hydrogen-bond acceptors (Lipinski definition) is 4. The van der Waals surface area contributed by atoms with Crippen molar-refractivity contribution in [2.45, 2.75) is 26.4 Å². The number of fused-ring (bicyclic) bond motifs is 3. The van der Waals surface area contributed by atoms with Crippen LogP contribution in [0.3, 0.4) is 0 Å². The Bertz CT molecular complexity index is 1420. The van der Waals surface area contributed by atoms with Crippen molar-refractivity contribution < 1.29 is 4.79 Å². The molecule has 7 nitrogen and oxygen atoms in total. The van der Waals surface area contributed by atoms with Gasteiger partial charge in [-0.1, -0.05) is 72.3 Å². The van der Waals surface area contributed by atoms with Gasteiger partial charge < -0.3 is 10.2 Å². The normalized spacial score (nSPS) is 11.1. The molecular formula is C27H26N6O. The second kappa shape index (κ2) is 9.70. The highest BCUT2D eigenvalue weighted by Crippen LogP contribution is 2.22. The van der Waals surface area contributed by atoms with E-state index in [1.165, 1.54) is 5.56 Å². The van der Waals surface area contributed by atoms with Crippen LogP contribution in [0.15, 0.2) is 84.9 Å². The molecule has 0 spiro atoms. The minimum Gasteiger partial charge on any atom is -0.334 e. The SMILES string of the molecule is Cc1ccc2c(c1)cc(CN(CCc1ccccc1)C(=O)NCc1ccccc1)c1nnnn12. The van der Waals surface area contributed by atoms with Crippen LogP contribution in [0.1, 0.15) is 22.3 Å². The maximum atomic E-state index is 13.3. The van der Waals surface area contributed by atoms with Gasteiger partial charge in [-0.05, 0) is 53.1 Å². The van der Waals surface area contributed by atoms with Gasteiger partial charge in [0, 0.05) is 24.0 Å². The van der Waals surface area contributed by atoms with Crippen molar-refractivity contribution >= 4 is 22.6 Å². The quantitative estimate of drug-likeness (QED) is 0.395. The summed E-state index contributed by atoms with van der Waals surface area (Å²) in [4.78, 5) is 15.1. The smallest absolute Gasteiger partial charge is 0.317 e. The first-order chi connectivity index (χ1) is 16.7. The molecule has 2 heterocycles. The van der Waals surface area contributed by atoms with Gasteiger partial charge >= 0.3 is 6.03 Å². The molecule has 5 aromatic rings. The zero-order chi connectivity index (χ0) is 23.3. The largest absolute Gasteiger partial charge is 0.334 e. The first kappa shape index (κ1) is 21.6. The standard InChI is InChI=1S/C27H26N6O/c1-20-12-13-25-23(16-20)17-24(26-29-30-31-33(25)26)19-32(15-14-21-8-4-2-5-9-21)27(34)28-18-22-10-6-3-7-11-22/h2-13,16-17H,14-15,18-19H2,1H3,(H,28,34). The number of tetrazole rings is 1. The summed E-state index contributed by atoms with van der Waals surface area (Å²) < 4.78 is 1.75. The molecule has 0 saturated carbocycles. The summed E-state index contributed by atoms with van der Waals surface area (Å²) in [6.45, 7) is 3.51. The summed E-state index contributed by atoms with van der Waals surface area (Å²) in [6, 6.07) is 28.3. The van der Waals surface area contributed by atoms with Crippen molar-refractivity contribution in [3.05, 3.63) is 107 Å². The van der Waals surface area contributed by atoms with E-state index in [0.717, 1.165) is 34.0 Å². The predicted octanol–water partition coefficient (Wildman–Crippen LogP) is 4.54. The van der Waals surface area contributed by atoms with Crippen molar-refractivity contribution in [1.29, 1.82) is 0 Å². The summed E-state index contributed by atoms with van der Waals surface area (Å²) in [5.41, 5.74) is 5.92. The topological polar surface area (TPSA) is 75.4 Å². The Morgan fingerprint density at radius 1 is 0.941 bits per heavy atom. The highest BCUT2D eigenvalue weighted by atomic mass is 16.2. The fraction of sp³-hybridized carbons (Fsp3) is 0.185. The molecule has 2 aromatic heterocycles. The number of amides is 2. The minimum absolute atomic E-state index is 0.116. The van der Waals surface area contributed by atoms with Crippen LogP contribution in [0.25, 0.3) is 16.6 Å².